The van der Waals surface area contributed by atoms with Crippen molar-refractivity contribution in [3.8, 4) is 0 Å². The number of carbonyl (C=O) groups excluding carboxylic acids is 7. The molecule has 0 radical (unpaired) electrons. The molecule has 0 bridgehead atoms. The maximum Gasteiger partial charge on any atom is 0.373 e. The number of rotatable bonds is 25. The SMILES string of the molecule is C[C@H](Cc1cccnc1)C(=O)COCc1ccc(CCC(=O)CN(CCN(CC(=O)OC(C)(C)C)CC(=O)OC(C)(C)C)CCN(CC(=O)OC(C)(C)C)CC(C)(C)C)cc1.O=C=O. The Morgan fingerprint density at radius 3 is 1.53 bits per heavy atom. The summed E-state index contributed by atoms with van der Waals surface area (Å²) in [6.07, 6.45) is 5.19. The molecule has 358 valence electrons. The predicted molar refractivity (Wildman–Crippen MR) is 243 cm³/mol. The quantitative estimate of drug-likeness (QED) is 0.0844. The molecule has 0 saturated heterocycles. The lowest BCUT2D eigenvalue weighted by Gasteiger charge is -2.33. The Kier molecular flexibility index (Phi) is 24.8. The van der Waals surface area contributed by atoms with Gasteiger partial charge in [-0.1, -0.05) is 58.0 Å². The van der Waals surface area contributed by atoms with Gasteiger partial charge in [-0.25, -0.2) is 0 Å². The highest BCUT2D eigenvalue weighted by Gasteiger charge is 2.26. The van der Waals surface area contributed by atoms with Crippen LogP contribution < -0.4 is 0 Å². The van der Waals surface area contributed by atoms with Crippen molar-refractivity contribution in [2.45, 2.75) is 133 Å². The number of ketones is 2. The third-order valence-electron chi connectivity index (χ3n) is 8.92. The smallest absolute Gasteiger partial charge is 0.373 e. The van der Waals surface area contributed by atoms with Crippen LogP contribution in [0.25, 0.3) is 0 Å². The van der Waals surface area contributed by atoms with E-state index in [4.69, 9.17) is 28.5 Å². The second kappa shape index (κ2) is 27.6. The largest absolute Gasteiger partial charge is 0.459 e. The summed E-state index contributed by atoms with van der Waals surface area (Å²) in [4.78, 5) is 91.3. The molecule has 2 rings (SSSR count). The number of esters is 3. The van der Waals surface area contributed by atoms with Crippen LogP contribution in [0.15, 0.2) is 48.8 Å². The van der Waals surface area contributed by atoms with E-state index in [0.717, 1.165) is 16.7 Å². The summed E-state index contributed by atoms with van der Waals surface area (Å²) in [6, 6.07) is 11.7. The first-order valence-corrected chi connectivity index (χ1v) is 22.0. The molecule has 1 atom stereocenters. The molecule has 0 fully saturated rings. The number of benzene rings is 1. The Bertz CT molecular complexity index is 1740. The third-order valence-corrected chi connectivity index (χ3v) is 8.92. The van der Waals surface area contributed by atoms with Gasteiger partial charge < -0.3 is 18.9 Å². The zero-order valence-corrected chi connectivity index (χ0v) is 40.9. The molecule has 15 nitrogen and oxygen atoms in total. The van der Waals surface area contributed by atoms with E-state index < -0.39 is 28.7 Å². The number of aryl methyl sites for hydroxylation is 1. The monoisotopic (exact) mass is 897 g/mol. The Balaban J connectivity index is 0.00000662. The lowest BCUT2D eigenvalue weighted by Crippen LogP contribution is -2.47. The zero-order valence-electron chi connectivity index (χ0n) is 40.9. The van der Waals surface area contributed by atoms with Crippen LogP contribution in [-0.4, -0.2) is 138 Å². The number of hydrogen-bond acceptors (Lipinski definition) is 15. The maximum absolute atomic E-state index is 13.6. The van der Waals surface area contributed by atoms with Crippen molar-refractivity contribution in [2.75, 3.05) is 65.5 Å². The van der Waals surface area contributed by atoms with Crippen molar-refractivity contribution >= 4 is 35.6 Å². The number of hydrogen-bond donors (Lipinski definition) is 0. The third kappa shape index (κ3) is 29.7. The molecule has 0 aliphatic carbocycles. The van der Waals surface area contributed by atoms with Gasteiger partial charge in [0.05, 0.1) is 32.8 Å². The number of nitrogens with zero attached hydrogens (tertiary/aromatic N) is 4. The van der Waals surface area contributed by atoms with Gasteiger partial charge in [0.15, 0.2) is 5.78 Å². The van der Waals surface area contributed by atoms with E-state index in [2.05, 4.69) is 30.7 Å². The summed E-state index contributed by atoms with van der Waals surface area (Å²) in [7, 11) is 0. The van der Waals surface area contributed by atoms with Crippen LogP contribution in [-0.2, 0) is 72.0 Å². The van der Waals surface area contributed by atoms with Crippen molar-refractivity contribution in [3.05, 3.63) is 65.5 Å². The highest BCUT2D eigenvalue weighted by atomic mass is 16.6. The van der Waals surface area contributed by atoms with Crippen molar-refractivity contribution in [1.29, 1.82) is 0 Å². The van der Waals surface area contributed by atoms with Gasteiger partial charge in [-0.15, -0.1) is 0 Å². The molecule has 0 saturated carbocycles. The Labute approximate surface area is 381 Å². The average Bonchev–Trinajstić information content (AvgIpc) is 3.13. The predicted octanol–water partition coefficient (Wildman–Crippen LogP) is 5.94. The van der Waals surface area contributed by atoms with E-state index in [1.807, 2.05) is 69.0 Å². The molecule has 1 aromatic carbocycles. The van der Waals surface area contributed by atoms with E-state index in [9.17, 15) is 24.0 Å². The van der Waals surface area contributed by atoms with E-state index in [1.54, 1.807) is 58.8 Å². The van der Waals surface area contributed by atoms with Crippen LogP contribution in [0.5, 0.6) is 0 Å². The van der Waals surface area contributed by atoms with Gasteiger partial charge in [0.2, 0.25) is 0 Å². The van der Waals surface area contributed by atoms with Crippen molar-refractivity contribution < 1.29 is 52.5 Å². The molecule has 1 aromatic heterocycles. The molecule has 2 aromatic rings. The molecule has 0 aliphatic rings. The first kappa shape index (κ1) is 57.4. The minimum atomic E-state index is -0.702. The first-order valence-electron chi connectivity index (χ1n) is 22.0. The van der Waals surface area contributed by atoms with E-state index in [0.29, 0.717) is 52.0 Å². The van der Waals surface area contributed by atoms with E-state index in [-0.39, 0.29) is 74.4 Å². The van der Waals surface area contributed by atoms with Crippen molar-refractivity contribution in [2.24, 2.45) is 11.3 Å². The highest BCUT2D eigenvalue weighted by molar-refractivity contribution is 5.82. The number of carbonyl (C=O) groups is 5. The van der Waals surface area contributed by atoms with Gasteiger partial charge in [0, 0.05) is 57.5 Å². The summed E-state index contributed by atoms with van der Waals surface area (Å²) in [6.45, 7) is 27.0. The van der Waals surface area contributed by atoms with Gasteiger partial charge in [-0.2, -0.15) is 9.59 Å². The summed E-state index contributed by atoms with van der Waals surface area (Å²) in [5.41, 5.74) is 0.808. The molecule has 0 N–H and O–H groups in total. The minimum absolute atomic E-state index is 0.0307. The Hall–Kier alpha value is -4.66. The molecule has 64 heavy (non-hydrogen) atoms. The summed E-state index contributed by atoms with van der Waals surface area (Å²) < 4.78 is 22.6. The average molecular weight is 897 g/mol. The molecule has 15 heteroatoms. The standard InChI is InChI=1S/C48H76N4O9.CO2/c1-36(27-39-15-14-22-49-28-39)41(54)34-58-33-38-18-16-37(17-19-38)20-21-40(53)29-50(24-26-52(35-45(2,3)4)32-44(57)61-48(11,12)13)23-25-51(30-42(55)59-46(5,6)7)31-43(56)60-47(8,9)10;2-1-3/h14-19,22,28,36H,20-21,23-27,29-35H2,1-13H3;/t36-;/m1./s1. The minimum Gasteiger partial charge on any atom is -0.459 e. The molecule has 0 amide bonds. The molecule has 0 unspecified atom stereocenters. The van der Waals surface area contributed by atoms with Gasteiger partial charge in [0.1, 0.15) is 29.2 Å². The number of pyridine rings is 1. The topological polar surface area (TPSA) is 179 Å². The van der Waals surface area contributed by atoms with Crippen molar-refractivity contribution in [3.63, 3.8) is 0 Å². The number of aromatic nitrogens is 1. The highest BCUT2D eigenvalue weighted by Crippen LogP contribution is 2.17. The zero-order chi connectivity index (χ0) is 48.7. The van der Waals surface area contributed by atoms with Gasteiger partial charge in [0.25, 0.3) is 0 Å². The Morgan fingerprint density at radius 1 is 0.625 bits per heavy atom. The molecule has 0 aliphatic heterocycles. The maximum atomic E-state index is 13.6. The van der Waals surface area contributed by atoms with E-state index in [1.165, 1.54) is 0 Å². The molecule has 1 heterocycles. The Morgan fingerprint density at radius 2 is 1.08 bits per heavy atom. The van der Waals surface area contributed by atoms with Crippen molar-refractivity contribution in [1.82, 2.24) is 19.7 Å². The van der Waals surface area contributed by atoms with Crippen LogP contribution in [0.1, 0.15) is 113 Å². The van der Waals surface area contributed by atoms with Crippen LogP contribution in [0.2, 0.25) is 0 Å². The second-order valence-corrected chi connectivity index (χ2v) is 20.4. The normalized spacial score (nSPS) is 12.6. The number of Topliss-reactive ketones (excluding diaryl/α,β-unsaturated/α-hetero) is 2. The van der Waals surface area contributed by atoms with Gasteiger partial charge in [-0.3, -0.25) is 43.7 Å². The van der Waals surface area contributed by atoms with Gasteiger partial charge >= 0.3 is 24.1 Å². The van der Waals surface area contributed by atoms with Gasteiger partial charge in [-0.05, 0) is 103 Å². The summed E-state index contributed by atoms with van der Waals surface area (Å²) in [5, 5.41) is 0. The lowest BCUT2D eigenvalue weighted by atomic mass is 9.96. The molecular weight excluding hydrogens is 821 g/mol. The van der Waals surface area contributed by atoms with E-state index >= 15 is 0 Å². The second-order valence-electron chi connectivity index (χ2n) is 20.4. The summed E-state index contributed by atoms with van der Waals surface area (Å²) >= 11 is 0. The fourth-order valence-corrected chi connectivity index (χ4v) is 6.42. The van der Waals surface area contributed by atoms with Crippen LogP contribution in [0.4, 0.5) is 0 Å². The molecular formula is C49H76N4O11. The fraction of sp³-hybridized carbons (Fsp3) is 0.653. The molecule has 0 spiro atoms. The fourth-order valence-electron chi connectivity index (χ4n) is 6.42. The lowest BCUT2D eigenvalue weighted by molar-refractivity contribution is -0.192. The summed E-state index contributed by atoms with van der Waals surface area (Å²) in [5.74, 6) is -1.36. The van der Waals surface area contributed by atoms with Crippen LogP contribution in [0.3, 0.4) is 0 Å². The number of ether oxygens (including phenoxy) is 4. The van der Waals surface area contributed by atoms with Crippen LogP contribution in [0, 0.1) is 11.3 Å². The first-order chi connectivity index (χ1) is 29.6. The van der Waals surface area contributed by atoms with Crippen LogP contribution >= 0.6 is 0 Å².